The van der Waals surface area contributed by atoms with E-state index in [0.717, 1.165) is 6.42 Å². The highest BCUT2D eigenvalue weighted by Crippen LogP contribution is 2.28. The Bertz CT molecular complexity index is 337. The molecular weight excluding hydrogens is 214 g/mol. The molecule has 0 saturated heterocycles. The fourth-order valence-corrected chi connectivity index (χ4v) is 1.72. The van der Waals surface area contributed by atoms with E-state index in [9.17, 15) is 8.42 Å². The second-order valence-corrected chi connectivity index (χ2v) is 6.35. The van der Waals surface area contributed by atoms with Gasteiger partial charge in [0.25, 0.3) is 0 Å². The Labute approximate surface area is 91.3 Å². The van der Waals surface area contributed by atoms with Crippen molar-refractivity contribution in [2.24, 2.45) is 10.9 Å². The average Bonchev–Trinajstić information content (AvgIpc) is 2.78. The van der Waals surface area contributed by atoms with Gasteiger partial charge in [0.05, 0.1) is 5.75 Å². The van der Waals surface area contributed by atoms with Gasteiger partial charge in [0.2, 0.25) is 0 Å². The molecule has 0 radical (unpaired) electrons. The zero-order valence-corrected chi connectivity index (χ0v) is 10.3. The van der Waals surface area contributed by atoms with E-state index in [2.05, 4.69) is 22.5 Å². The smallest absolute Gasteiger partial charge is 0.191 e. The fraction of sp³-hybridized carbons (Fsp3) is 0.889. The lowest BCUT2D eigenvalue weighted by molar-refractivity contribution is 0.600. The molecule has 1 aliphatic carbocycles. The number of hydrogen-bond acceptors (Lipinski definition) is 3. The van der Waals surface area contributed by atoms with Crippen molar-refractivity contribution in [3.05, 3.63) is 0 Å². The highest BCUT2D eigenvalue weighted by molar-refractivity contribution is 7.90. The van der Waals surface area contributed by atoms with E-state index in [4.69, 9.17) is 0 Å². The highest BCUT2D eigenvalue weighted by atomic mass is 32.2. The first-order valence-corrected chi connectivity index (χ1v) is 7.13. The van der Waals surface area contributed by atoms with E-state index in [-0.39, 0.29) is 5.75 Å². The molecular formula is C9H19N3O2S. The normalized spacial score (nSPS) is 26.2. The molecule has 0 heterocycles. The maximum atomic E-state index is 10.9. The number of guanidine groups is 1. The number of rotatable bonds is 4. The zero-order chi connectivity index (χ0) is 11.5. The Balaban J connectivity index is 2.23. The Morgan fingerprint density at radius 1 is 1.53 bits per heavy atom. The van der Waals surface area contributed by atoms with Crippen LogP contribution in [0.2, 0.25) is 0 Å². The molecule has 2 unspecified atom stereocenters. The van der Waals surface area contributed by atoms with Crippen LogP contribution in [0.15, 0.2) is 4.99 Å². The molecule has 2 atom stereocenters. The summed E-state index contributed by atoms with van der Waals surface area (Å²) in [5.74, 6) is 1.51. The zero-order valence-electron chi connectivity index (χ0n) is 9.45. The summed E-state index contributed by atoms with van der Waals surface area (Å²) < 4.78 is 21.8. The molecule has 1 rings (SSSR count). The van der Waals surface area contributed by atoms with Gasteiger partial charge >= 0.3 is 0 Å². The van der Waals surface area contributed by atoms with Gasteiger partial charge in [-0.05, 0) is 12.3 Å². The van der Waals surface area contributed by atoms with E-state index in [0.29, 0.717) is 24.5 Å². The van der Waals surface area contributed by atoms with Gasteiger partial charge in [-0.15, -0.1) is 0 Å². The summed E-state index contributed by atoms with van der Waals surface area (Å²) in [4.78, 5) is 4.02. The number of sulfone groups is 1. The summed E-state index contributed by atoms with van der Waals surface area (Å²) in [7, 11) is -1.21. The molecule has 1 aliphatic rings. The molecule has 5 nitrogen and oxygen atoms in total. The Hall–Kier alpha value is -0.780. The Kier molecular flexibility index (Phi) is 3.96. The van der Waals surface area contributed by atoms with Crippen LogP contribution in [0.1, 0.15) is 13.3 Å². The highest BCUT2D eigenvalue weighted by Gasteiger charge is 2.33. The third-order valence-corrected chi connectivity index (χ3v) is 3.37. The Morgan fingerprint density at radius 2 is 2.13 bits per heavy atom. The average molecular weight is 233 g/mol. The summed E-state index contributed by atoms with van der Waals surface area (Å²) in [6.45, 7) is 2.57. The Morgan fingerprint density at radius 3 is 2.53 bits per heavy atom. The van der Waals surface area contributed by atoms with Crippen molar-refractivity contribution in [2.75, 3.05) is 25.6 Å². The van der Waals surface area contributed by atoms with Crippen molar-refractivity contribution in [1.82, 2.24) is 10.6 Å². The topological polar surface area (TPSA) is 70.6 Å². The van der Waals surface area contributed by atoms with Crippen molar-refractivity contribution < 1.29 is 8.42 Å². The third kappa shape index (κ3) is 5.01. The summed E-state index contributed by atoms with van der Waals surface area (Å²) in [6.07, 6.45) is 2.39. The lowest BCUT2D eigenvalue weighted by Crippen LogP contribution is -2.40. The van der Waals surface area contributed by atoms with Gasteiger partial charge in [0.15, 0.2) is 5.96 Å². The standard InChI is InChI=1S/C9H19N3O2S/c1-7-6-8(7)12-9(10-2)11-4-5-15(3,13)14/h7-8H,4-6H2,1-3H3,(H2,10,11,12). The monoisotopic (exact) mass is 233 g/mol. The van der Waals surface area contributed by atoms with E-state index in [1.165, 1.54) is 6.26 Å². The minimum Gasteiger partial charge on any atom is -0.355 e. The number of hydrogen-bond donors (Lipinski definition) is 2. The molecule has 0 aliphatic heterocycles. The van der Waals surface area contributed by atoms with Crippen LogP contribution < -0.4 is 10.6 Å². The van der Waals surface area contributed by atoms with Crippen LogP contribution in [0, 0.1) is 5.92 Å². The van der Waals surface area contributed by atoms with Crippen LogP contribution >= 0.6 is 0 Å². The maximum absolute atomic E-state index is 10.9. The molecule has 0 bridgehead atoms. The van der Waals surface area contributed by atoms with Gasteiger partial charge in [0, 0.05) is 25.9 Å². The van der Waals surface area contributed by atoms with Gasteiger partial charge < -0.3 is 10.6 Å². The largest absolute Gasteiger partial charge is 0.355 e. The molecule has 1 fully saturated rings. The molecule has 0 aromatic rings. The molecule has 15 heavy (non-hydrogen) atoms. The first-order valence-electron chi connectivity index (χ1n) is 5.07. The summed E-state index contributed by atoms with van der Waals surface area (Å²) in [5, 5.41) is 6.20. The van der Waals surface area contributed by atoms with Crippen molar-refractivity contribution in [3.8, 4) is 0 Å². The van der Waals surface area contributed by atoms with Crippen LogP contribution in [0.5, 0.6) is 0 Å². The van der Waals surface area contributed by atoms with Crippen molar-refractivity contribution in [3.63, 3.8) is 0 Å². The lowest BCUT2D eigenvalue weighted by atomic mass is 10.5. The predicted octanol–water partition coefficient (Wildman–Crippen LogP) is -0.396. The van der Waals surface area contributed by atoms with Crippen molar-refractivity contribution in [1.29, 1.82) is 0 Å². The number of nitrogens with one attached hydrogen (secondary N) is 2. The SMILES string of the molecule is CN=C(NCCS(C)(=O)=O)NC1CC1C. The second-order valence-electron chi connectivity index (χ2n) is 4.09. The molecule has 0 amide bonds. The van der Waals surface area contributed by atoms with Gasteiger partial charge in [-0.25, -0.2) is 8.42 Å². The fourth-order valence-electron chi connectivity index (χ4n) is 1.25. The minimum atomic E-state index is -2.90. The van der Waals surface area contributed by atoms with E-state index < -0.39 is 9.84 Å². The van der Waals surface area contributed by atoms with Gasteiger partial charge in [-0.3, -0.25) is 4.99 Å². The molecule has 0 aromatic heterocycles. The van der Waals surface area contributed by atoms with E-state index in [1.54, 1.807) is 7.05 Å². The van der Waals surface area contributed by atoms with Crippen LogP contribution in [-0.4, -0.2) is 46.0 Å². The van der Waals surface area contributed by atoms with Crippen molar-refractivity contribution in [2.45, 2.75) is 19.4 Å². The quantitative estimate of drug-likeness (QED) is 0.512. The molecule has 88 valence electrons. The second kappa shape index (κ2) is 4.83. The summed E-state index contributed by atoms with van der Waals surface area (Å²) in [6, 6.07) is 0.495. The summed E-state index contributed by atoms with van der Waals surface area (Å²) in [5.41, 5.74) is 0. The van der Waals surface area contributed by atoms with Gasteiger partial charge in [0.1, 0.15) is 9.84 Å². The van der Waals surface area contributed by atoms with Gasteiger partial charge in [-0.2, -0.15) is 0 Å². The number of nitrogens with zero attached hydrogens (tertiary/aromatic N) is 1. The lowest BCUT2D eigenvalue weighted by Gasteiger charge is -2.10. The first kappa shape index (κ1) is 12.3. The van der Waals surface area contributed by atoms with Crippen LogP contribution in [0.4, 0.5) is 0 Å². The van der Waals surface area contributed by atoms with Gasteiger partial charge in [-0.1, -0.05) is 6.92 Å². The number of aliphatic imine (C=N–C) groups is 1. The predicted molar refractivity (Wildman–Crippen MR) is 61.8 cm³/mol. The maximum Gasteiger partial charge on any atom is 0.191 e. The molecule has 0 spiro atoms. The molecule has 2 N–H and O–H groups in total. The molecule has 0 aromatic carbocycles. The third-order valence-electron chi connectivity index (χ3n) is 2.42. The van der Waals surface area contributed by atoms with Crippen LogP contribution in [-0.2, 0) is 9.84 Å². The summed E-state index contributed by atoms with van der Waals surface area (Å²) >= 11 is 0. The molecule has 6 heteroatoms. The van der Waals surface area contributed by atoms with E-state index in [1.807, 2.05) is 0 Å². The van der Waals surface area contributed by atoms with E-state index >= 15 is 0 Å². The van der Waals surface area contributed by atoms with Crippen molar-refractivity contribution >= 4 is 15.8 Å². The minimum absolute atomic E-state index is 0.133. The van der Waals surface area contributed by atoms with Crippen LogP contribution in [0.25, 0.3) is 0 Å². The first-order chi connectivity index (χ1) is 6.92. The molecule has 1 saturated carbocycles. The van der Waals surface area contributed by atoms with Crippen LogP contribution in [0.3, 0.4) is 0 Å².